The molecule has 2 aromatic rings. The van der Waals surface area contributed by atoms with Gasteiger partial charge in [-0.25, -0.2) is 9.59 Å². The lowest BCUT2D eigenvalue weighted by Crippen LogP contribution is -2.40. The average molecular weight is 594 g/mol. The lowest BCUT2D eigenvalue weighted by molar-refractivity contribution is -0.0635. The second-order valence-electron chi connectivity index (χ2n) is 8.57. The van der Waals surface area contributed by atoms with Crippen LogP contribution in [-0.2, 0) is 39.8 Å². The fraction of sp³-hybridized carbons (Fsp3) is 0.600. The van der Waals surface area contributed by atoms with Crippen molar-refractivity contribution < 1.29 is 43.1 Å². The van der Waals surface area contributed by atoms with Gasteiger partial charge in [0, 0.05) is 38.7 Å². The van der Waals surface area contributed by atoms with Crippen LogP contribution in [0.5, 0.6) is 0 Å². The van der Waals surface area contributed by atoms with Gasteiger partial charge in [-0.15, -0.1) is 0 Å². The summed E-state index contributed by atoms with van der Waals surface area (Å²) in [7, 11) is 2.57. The van der Waals surface area contributed by atoms with E-state index in [4.69, 9.17) is 39.8 Å². The van der Waals surface area contributed by atoms with Crippen molar-refractivity contribution in [3.05, 3.63) is 66.2 Å². The van der Waals surface area contributed by atoms with Gasteiger partial charge in [-0.05, 0) is 11.8 Å². The minimum Gasteiger partial charge on any atom is -0.394 e. The summed E-state index contributed by atoms with van der Waals surface area (Å²) in [6.45, 7) is -5.23. The lowest BCUT2D eigenvalue weighted by atomic mass is 10.1. The van der Waals surface area contributed by atoms with Crippen LogP contribution in [0, 0.1) is 0 Å². The molecule has 2 fully saturated rings. The molecule has 0 radical (unpaired) electrons. The summed E-state index contributed by atoms with van der Waals surface area (Å²) >= 11 is 5.12. The number of aromatic amines is 2. The fourth-order valence-electron chi connectivity index (χ4n) is 4.40. The Bertz CT molecular complexity index is 1440. The van der Waals surface area contributed by atoms with E-state index in [1.165, 1.54) is 26.6 Å². The summed E-state index contributed by atoms with van der Waals surface area (Å²) in [6, 6.07) is 2.19. The van der Waals surface area contributed by atoms with Crippen molar-refractivity contribution in [3.8, 4) is 0 Å². The van der Waals surface area contributed by atoms with Crippen LogP contribution in [0.1, 0.15) is 12.5 Å². The Labute approximate surface area is 223 Å². The van der Waals surface area contributed by atoms with Crippen molar-refractivity contribution >= 4 is 18.5 Å². The molecule has 17 nitrogen and oxygen atoms in total. The molecule has 0 aromatic carbocycles. The molecule has 4 heterocycles. The first kappa shape index (κ1) is 29.6. The van der Waals surface area contributed by atoms with Crippen LogP contribution in [0.15, 0.2) is 43.7 Å². The number of aliphatic hydroxyl groups is 2. The number of aromatic nitrogens is 4. The number of nitrogens with zero attached hydrogens (tertiary/aromatic N) is 2. The third-order valence-corrected chi connectivity index (χ3v) is 7.79. The Morgan fingerprint density at radius 3 is 1.92 bits per heavy atom. The van der Waals surface area contributed by atoms with E-state index < -0.39 is 91.5 Å². The smallest absolute Gasteiger partial charge is 0.330 e. The van der Waals surface area contributed by atoms with E-state index in [0.29, 0.717) is 0 Å². The van der Waals surface area contributed by atoms with Gasteiger partial charge in [0.25, 0.3) is 11.1 Å². The molecule has 2 aliphatic heterocycles. The predicted molar refractivity (Wildman–Crippen MR) is 132 cm³/mol. The van der Waals surface area contributed by atoms with Crippen molar-refractivity contribution in [2.45, 2.75) is 49.1 Å². The lowest BCUT2D eigenvalue weighted by Gasteiger charge is -2.27. The number of ether oxygens (including phenoxy) is 4. The van der Waals surface area contributed by atoms with Crippen LogP contribution in [-0.4, -0.2) is 98.3 Å². The van der Waals surface area contributed by atoms with Gasteiger partial charge in [0.2, 0.25) is 0 Å². The third kappa shape index (κ3) is 6.21. The molecule has 0 amide bonds. The molecule has 39 heavy (non-hydrogen) atoms. The molecule has 0 bridgehead atoms. The molecule has 5 N–H and O–H groups in total. The van der Waals surface area contributed by atoms with E-state index in [1.807, 2.05) is 0 Å². The molecule has 0 aliphatic carbocycles. The molecule has 216 valence electrons. The van der Waals surface area contributed by atoms with E-state index in [0.717, 1.165) is 21.3 Å². The van der Waals surface area contributed by atoms with Gasteiger partial charge in [-0.2, -0.15) is 0 Å². The molecular formula is C20H27N4O13PS. The zero-order valence-electron chi connectivity index (χ0n) is 20.5. The van der Waals surface area contributed by atoms with Crippen molar-refractivity contribution in [2.24, 2.45) is 0 Å². The highest BCUT2D eigenvalue weighted by molar-refractivity contribution is 8.07. The SMILES string of the molecule is CO[C@H]1C(O)[C@@H](COP(O)(=S)OC2[C@@H](CO)O[C@@H](n3ccc(=O)[nH]c3=O)[C@H]2OC)O[C@H]1n1ccc(=O)[nH]c1=O. The Hall–Kier alpha value is -2.35. The molecule has 0 saturated carbocycles. The van der Waals surface area contributed by atoms with Crippen LogP contribution in [0.4, 0.5) is 0 Å². The molecular weight excluding hydrogens is 567 g/mol. The number of rotatable bonds is 10. The third-order valence-electron chi connectivity index (χ3n) is 6.23. The highest BCUT2D eigenvalue weighted by atomic mass is 32.5. The second-order valence-corrected chi connectivity index (χ2v) is 11.4. The van der Waals surface area contributed by atoms with Crippen LogP contribution in [0.2, 0.25) is 0 Å². The van der Waals surface area contributed by atoms with E-state index >= 15 is 0 Å². The number of hydrogen-bond acceptors (Lipinski definition) is 13. The molecule has 3 unspecified atom stereocenters. The van der Waals surface area contributed by atoms with Gasteiger partial charge >= 0.3 is 18.1 Å². The summed E-state index contributed by atoms with van der Waals surface area (Å²) < 4.78 is 35.2. The molecule has 2 saturated heterocycles. The molecule has 2 aliphatic rings. The van der Waals surface area contributed by atoms with E-state index in [2.05, 4.69) is 9.97 Å². The largest absolute Gasteiger partial charge is 0.394 e. The minimum atomic E-state index is -4.13. The van der Waals surface area contributed by atoms with Crippen LogP contribution in [0.3, 0.4) is 0 Å². The first-order chi connectivity index (χ1) is 18.5. The van der Waals surface area contributed by atoms with Crippen LogP contribution >= 0.6 is 6.72 Å². The van der Waals surface area contributed by atoms with Gasteiger partial charge in [-0.3, -0.25) is 33.2 Å². The summed E-state index contributed by atoms with van der Waals surface area (Å²) in [6.07, 6.45) is -6.87. The summed E-state index contributed by atoms with van der Waals surface area (Å²) in [4.78, 5) is 62.2. The topological polar surface area (TPSA) is 226 Å². The predicted octanol–water partition coefficient (Wildman–Crippen LogP) is -3.12. The summed E-state index contributed by atoms with van der Waals surface area (Å²) in [5, 5.41) is 20.5. The molecule has 4 rings (SSSR count). The van der Waals surface area contributed by atoms with Crippen molar-refractivity contribution in [2.75, 3.05) is 27.4 Å². The number of methoxy groups -OCH3 is 2. The van der Waals surface area contributed by atoms with E-state index in [-0.39, 0.29) is 0 Å². The van der Waals surface area contributed by atoms with Gasteiger partial charge in [0.1, 0.15) is 36.6 Å². The molecule has 2 aromatic heterocycles. The summed E-state index contributed by atoms with van der Waals surface area (Å²) in [5.41, 5.74) is -2.85. The van der Waals surface area contributed by atoms with Gasteiger partial charge in [0.15, 0.2) is 12.5 Å². The van der Waals surface area contributed by atoms with Gasteiger partial charge in [0.05, 0.1) is 13.2 Å². The Balaban J connectivity index is 1.47. The Morgan fingerprint density at radius 1 is 0.923 bits per heavy atom. The zero-order valence-corrected chi connectivity index (χ0v) is 22.2. The first-order valence-electron chi connectivity index (χ1n) is 11.4. The average Bonchev–Trinajstić information content (AvgIpc) is 3.38. The van der Waals surface area contributed by atoms with Gasteiger partial charge in [-0.1, -0.05) is 0 Å². The van der Waals surface area contributed by atoms with Crippen molar-refractivity contribution in [1.29, 1.82) is 0 Å². The highest BCUT2D eigenvalue weighted by Gasteiger charge is 2.50. The standard InChI is InChI=1S/C20H27N4O13PS/c1-32-15-13(28)10(36-17(15)23-5-3-11(26)21-19(23)29)8-34-38(31,39)37-14-9(7-25)35-18(16(14)33-2)24-6-4-12(27)22-20(24)30/h3-6,9-10,13-18,25,28H,7-8H2,1-2H3,(H,31,39)(H,21,26,29)(H,22,27,30)/t9-,10-,13?,14?,15+,16+,17-,18-,38?/m1/s1. The normalized spacial score (nSPS) is 32.3. The minimum absolute atomic E-state index is 0.499. The molecule has 9 atom stereocenters. The Morgan fingerprint density at radius 2 is 1.44 bits per heavy atom. The number of hydrogen-bond donors (Lipinski definition) is 5. The number of aliphatic hydroxyl groups excluding tert-OH is 2. The van der Waals surface area contributed by atoms with E-state index in [1.54, 1.807) is 0 Å². The maximum Gasteiger partial charge on any atom is 0.330 e. The Kier molecular flexibility index (Phi) is 9.14. The number of nitrogens with one attached hydrogen (secondary N) is 2. The monoisotopic (exact) mass is 594 g/mol. The van der Waals surface area contributed by atoms with Crippen molar-refractivity contribution in [1.82, 2.24) is 19.1 Å². The molecule has 19 heteroatoms. The highest BCUT2D eigenvalue weighted by Crippen LogP contribution is 2.49. The van der Waals surface area contributed by atoms with Crippen molar-refractivity contribution in [3.63, 3.8) is 0 Å². The fourth-order valence-corrected chi connectivity index (χ4v) is 5.84. The summed E-state index contributed by atoms with van der Waals surface area (Å²) in [5.74, 6) is 0. The van der Waals surface area contributed by atoms with Crippen LogP contribution < -0.4 is 22.5 Å². The zero-order chi connectivity index (χ0) is 28.5. The second kappa shape index (κ2) is 12.0. The maximum atomic E-state index is 12.3. The first-order valence-corrected chi connectivity index (χ1v) is 14.0. The van der Waals surface area contributed by atoms with Gasteiger partial charge < -0.3 is 38.6 Å². The van der Waals surface area contributed by atoms with Crippen LogP contribution in [0.25, 0.3) is 0 Å². The number of H-pyrrole nitrogens is 2. The maximum absolute atomic E-state index is 12.3. The van der Waals surface area contributed by atoms with E-state index in [9.17, 15) is 34.3 Å². The molecule has 0 spiro atoms. The quantitative estimate of drug-likeness (QED) is 0.172.